The van der Waals surface area contributed by atoms with Crippen LogP contribution in [0.2, 0.25) is 0 Å². The van der Waals surface area contributed by atoms with E-state index in [4.69, 9.17) is 24.7 Å². The van der Waals surface area contributed by atoms with E-state index in [1.165, 1.54) is 14.0 Å². The Bertz CT molecular complexity index is 495. The number of methoxy groups -OCH3 is 1. The molecule has 2 saturated heterocycles. The molecule has 0 aliphatic carbocycles. The Kier molecular flexibility index (Phi) is 7.92. The molecular formula is C16H30N2O9. The maximum Gasteiger partial charge on any atom is 0.217 e. The molecule has 2 rings (SSSR count). The highest BCUT2D eigenvalue weighted by Crippen LogP contribution is 2.30. The minimum atomic E-state index is -1.32. The average molecular weight is 394 g/mol. The van der Waals surface area contributed by atoms with Gasteiger partial charge in [0.1, 0.15) is 24.4 Å². The number of hydrogen-bond donors (Lipinski definition) is 6. The van der Waals surface area contributed by atoms with E-state index < -0.39 is 73.6 Å². The van der Waals surface area contributed by atoms with Crippen molar-refractivity contribution >= 4 is 5.91 Å². The molecule has 0 spiro atoms. The Morgan fingerprint density at radius 2 is 1.70 bits per heavy atom. The van der Waals surface area contributed by atoms with Crippen LogP contribution in [0.15, 0.2) is 0 Å². The van der Waals surface area contributed by atoms with Crippen LogP contribution in [0.4, 0.5) is 0 Å². The lowest BCUT2D eigenvalue weighted by Gasteiger charge is -2.47. The van der Waals surface area contributed by atoms with E-state index in [9.17, 15) is 25.2 Å². The molecule has 0 bridgehead atoms. The zero-order chi connectivity index (χ0) is 20.3. The zero-order valence-corrected chi connectivity index (χ0v) is 15.6. The highest BCUT2D eigenvalue weighted by atomic mass is 16.7. The zero-order valence-electron chi connectivity index (χ0n) is 15.6. The van der Waals surface area contributed by atoms with Crippen LogP contribution in [-0.4, -0.2) is 102 Å². The van der Waals surface area contributed by atoms with Crippen LogP contribution in [0.3, 0.4) is 0 Å². The minimum absolute atomic E-state index is 0.349. The van der Waals surface area contributed by atoms with E-state index >= 15 is 0 Å². The fourth-order valence-corrected chi connectivity index (χ4v) is 3.43. The molecule has 10 atom stereocenters. The van der Waals surface area contributed by atoms with Gasteiger partial charge in [-0.15, -0.1) is 0 Å². The van der Waals surface area contributed by atoms with Gasteiger partial charge in [-0.25, -0.2) is 0 Å². The number of carbonyl (C=O) groups is 1. The summed E-state index contributed by atoms with van der Waals surface area (Å²) in [7, 11) is 1.34. The van der Waals surface area contributed by atoms with Crippen molar-refractivity contribution in [2.75, 3.05) is 20.3 Å². The predicted octanol–water partition coefficient (Wildman–Crippen LogP) is -3.36. The first-order valence-electron chi connectivity index (χ1n) is 8.84. The molecule has 2 fully saturated rings. The molecule has 1 amide bonds. The Balaban J connectivity index is 2.19. The molecule has 11 nitrogen and oxygen atoms in total. The average Bonchev–Trinajstić information content (AvgIpc) is 2.64. The second kappa shape index (κ2) is 9.54. The van der Waals surface area contributed by atoms with E-state index in [1.54, 1.807) is 6.92 Å². The molecule has 7 N–H and O–H groups in total. The third kappa shape index (κ3) is 4.75. The monoisotopic (exact) mass is 394 g/mol. The number of ether oxygens (including phenoxy) is 4. The number of nitrogens with one attached hydrogen (secondary N) is 1. The summed E-state index contributed by atoms with van der Waals surface area (Å²) in [6.07, 6.45) is -7.32. The molecule has 27 heavy (non-hydrogen) atoms. The van der Waals surface area contributed by atoms with Crippen molar-refractivity contribution < 1.29 is 44.2 Å². The van der Waals surface area contributed by atoms with Crippen LogP contribution >= 0.6 is 0 Å². The molecule has 11 heteroatoms. The summed E-state index contributed by atoms with van der Waals surface area (Å²) in [6, 6.07) is -1.91. The number of nitrogens with two attached hydrogens (primary N) is 1. The molecule has 0 saturated carbocycles. The second-order valence-corrected chi connectivity index (χ2v) is 6.93. The third-order valence-corrected chi connectivity index (χ3v) is 5.07. The Morgan fingerprint density at radius 3 is 2.22 bits per heavy atom. The molecule has 0 aromatic heterocycles. The van der Waals surface area contributed by atoms with Gasteiger partial charge in [-0.1, -0.05) is 6.92 Å². The fourth-order valence-electron chi connectivity index (χ4n) is 3.43. The first-order chi connectivity index (χ1) is 12.7. The Morgan fingerprint density at radius 1 is 1.11 bits per heavy atom. The number of amides is 1. The van der Waals surface area contributed by atoms with E-state index in [1.807, 2.05) is 0 Å². The van der Waals surface area contributed by atoms with Crippen molar-refractivity contribution in [1.29, 1.82) is 0 Å². The SMILES string of the molecule is CO[C@@H]1OC(CO)[C@H](O[C@@H]2OC(CO)[C@H](C)[C@H](O)C2N)[C@H](O)C1NC(C)=O. The summed E-state index contributed by atoms with van der Waals surface area (Å²) >= 11 is 0. The van der Waals surface area contributed by atoms with Gasteiger partial charge in [-0.2, -0.15) is 0 Å². The lowest BCUT2D eigenvalue weighted by molar-refractivity contribution is -0.323. The molecule has 0 radical (unpaired) electrons. The highest BCUT2D eigenvalue weighted by Gasteiger charge is 2.50. The quantitative estimate of drug-likeness (QED) is 0.267. The summed E-state index contributed by atoms with van der Waals surface area (Å²) in [5.74, 6) is -0.836. The molecule has 0 aromatic carbocycles. The van der Waals surface area contributed by atoms with Gasteiger partial charge >= 0.3 is 0 Å². The van der Waals surface area contributed by atoms with Crippen LogP contribution in [0, 0.1) is 5.92 Å². The van der Waals surface area contributed by atoms with Crippen LogP contribution in [0.1, 0.15) is 13.8 Å². The van der Waals surface area contributed by atoms with Gasteiger partial charge in [0.15, 0.2) is 12.6 Å². The van der Waals surface area contributed by atoms with Crippen molar-refractivity contribution in [3.8, 4) is 0 Å². The van der Waals surface area contributed by atoms with Gasteiger partial charge in [-0.05, 0) is 0 Å². The number of carbonyl (C=O) groups excluding carboxylic acids is 1. The number of aliphatic hydroxyl groups is 4. The van der Waals surface area contributed by atoms with Crippen molar-refractivity contribution in [1.82, 2.24) is 5.32 Å². The van der Waals surface area contributed by atoms with E-state index in [2.05, 4.69) is 5.32 Å². The molecule has 158 valence electrons. The first kappa shape index (κ1) is 22.4. The summed E-state index contributed by atoms with van der Waals surface area (Å²) in [5.41, 5.74) is 5.99. The van der Waals surface area contributed by atoms with Gasteiger partial charge in [0, 0.05) is 20.0 Å². The smallest absolute Gasteiger partial charge is 0.217 e. The fraction of sp³-hybridized carbons (Fsp3) is 0.938. The molecule has 2 aliphatic rings. The maximum atomic E-state index is 11.5. The standard InChI is InChI=1S/C16H30N2O9/c1-6-8(4-19)25-15(10(17)12(6)22)27-14-9(5-20)26-16(24-3)11(13(14)23)18-7(2)21/h6,8-16,19-20,22-23H,4-5,17H2,1-3H3,(H,18,21)/t6-,8?,9?,10?,11?,12-,13+,14-,15-,16+/m0/s1. The van der Waals surface area contributed by atoms with Crippen LogP contribution in [0.5, 0.6) is 0 Å². The normalized spacial score (nSPS) is 45.5. The van der Waals surface area contributed by atoms with Crippen LogP contribution in [-0.2, 0) is 23.7 Å². The maximum absolute atomic E-state index is 11.5. The number of hydrogen-bond acceptors (Lipinski definition) is 10. The number of rotatable bonds is 6. The topological polar surface area (TPSA) is 173 Å². The van der Waals surface area contributed by atoms with E-state index in [0.29, 0.717) is 0 Å². The third-order valence-electron chi connectivity index (χ3n) is 5.07. The van der Waals surface area contributed by atoms with Gasteiger partial charge in [-0.3, -0.25) is 4.79 Å². The largest absolute Gasteiger partial charge is 0.394 e. The lowest BCUT2D eigenvalue weighted by atomic mass is 9.89. The summed E-state index contributed by atoms with van der Waals surface area (Å²) < 4.78 is 22.1. The molecule has 2 heterocycles. The van der Waals surface area contributed by atoms with E-state index in [0.717, 1.165) is 0 Å². The van der Waals surface area contributed by atoms with Gasteiger partial charge in [0.05, 0.1) is 31.5 Å². The predicted molar refractivity (Wildman–Crippen MR) is 90.1 cm³/mol. The molecule has 2 aliphatic heterocycles. The van der Waals surface area contributed by atoms with Crippen LogP contribution < -0.4 is 11.1 Å². The molecular weight excluding hydrogens is 364 g/mol. The summed E-state index contributed by atoms with van der Waals surface area (Å²) in [5, 5.41) is 42.6. The van der Waals surface area contributed by atoms with Gasteiger partial charge in [0.2, 0.25) is 5.91 Å². The summed E-state index contributed by atoms with van der Waals surface area (Å²) in [6.45, 7) is 2.11. The lowest BCUT2D eigenvalue weighted by Crippen LogP contribution is -2.67. The van der Waals surface area contributed by atoms with Crippen molar-refractivity contribution in [3.05, 3.63) is 0 Å². The first-order valence-corrected chi connectivity index (χ1v) is 8.84. The molecule has 4 unspecified atom stereocenters. The van der Waals surface area contributed by atoms with Crippen molar-refractivity contribution in [2.45, 2.75) is 69.0 Å². The van der Waals surface area contributed by atoms with Gasteiger partial charge in [0.25, 0.3) is 0 Å². The van der Waals surface area contributed by atoms with Crippen molar-refractivity contribution in [3.63, 3.8) is 0 Å². The van der Waals surface area contributed by atoms with Crippen LogP contribution in [0.25, 0.3) is 0 Å². The summed E-state index contributed by atoms with van der Waals surface area (Å²) in [4.78, 5) is 11.5. The highest BCUT2D eigenvalue weighted by molar-refractivity contribution is 5.73. The van der Waals surface area contributed by atoms with Gasteiger partial charge < -0.3 is 50.4 Å². The Hall–Kier alpha value is -0.890. The van der Waals surface area contributed by atoms with E-state index in [-0.39, 0.29) is 6.61 Å². The molecule has 0 aromatic rings. The van der Waals surface area contributed by atoms with Crippen molar-refractivity contribution in [2.24, 2.45) is 11.7 Å². The second-order valence-electron chi connectivity index (χ2n) is 6.93. The Labute approximate surface area is 157 Å². The minimum Gasteiger partial charge on any atom is -0.394 e. The number of aliphatic hydroxyl groups excluding tert-OH is 4.